The molecule has 0 aliphatic carbocycles. The van der Waals surface area contributed by atoms with Crippen LogP contribution in [0, 0.1) is 5.92 Å². The molecule has 68 valence electrons. The Labute approximate surface area is 79.1 Å². The van der Waals surface area contributed by atoms with Gasteiger partial charge in [-0.2, -0.15) is 0 Å². The van der Waals surface area contributed by atoms with Crippen LogP contribution in [0.3, 0.4) is 0 Å². The van der Waals surface area contributed by atoms with Crippen LogP contribution in [0.15, 0.2) is 30.8 Å². The Morgan fingerprint density at radius 1 is 1.38 bits per heavy atom. The Morgan fingerprint density at radius 2 is 2.00 bits per heavy atom. The summed E-state index contributed by atoms with van der Waals surface area (Å²) in [5, 5.41) is 0. The average molecular weight is 174 g/mol. The van der Waals surface area contributed by atoms with Gasteiger partial charge in [0.05, 0.1) is 0 Å². The molecule has 13 heavy (non-hydrogen) atoms. The highest BCUT2D eigenvalue weighted by atomic mass is 16.1. The van der Waals surface area contributed by atoms with Gasteiger partial charge in [-0.3, -0.25) is 4.79 Å². The lowest BCUT2D eigenvalue weighted by Crippen LogP contribution is -1.96. The number of rotatable bonds is 3. The van der Waals surface area contributed by atoms with Crippen molar-refractivity contribution in [2.75, 3.05) is 0 Å². The number of carbonyl (C=O) groups is 1. The molecule has 0 heterocycles. The summed E-state index contributed by atoms with van der Waals surface area (Å²) < 4.78 is 0. The van der Waals surface area contributed by atoms with E-state index in [2.05, 4.69) is 20.4 Å². The maximum atomic E-state index is 10.7. The van der Waals surface area contributed by atoms with E-state index in [-0.39, 0.29) is 0 Å². The summed E-state index contributed by atoms with van der Waals surface area (Å²) in [5.74, 6) is 0.376. The summed E-state index contributed by atoms with van der Waals surface area (Å²) in [6.07, 6.45) is 0.878. The summed E-state index contributed by atoms with van der Waals surface area (Å²) >= 11 is 0. The van der Waals surface area contributed by atoms with Crippen molar-refractivity contribution in [3.05, 3.63) is 42.0 Å². The topological polar surface area (TPSA) is 17.1 Å². The molecule has 0 atom stereocenters. The van der Waals surface area contributed by atoms with Gasteiger partial charge in [0, 0.05) is 5.56 Å². The zero-order valence-electron chi connectivity index (χ0n) is 8.08. The fourth-order valence-electron chi connectivity index (χ4n) is 1.20. The molecule has 0 N–H and O–H groups in total. The molecule has 0 amide bonds. The van der Waals surface area contributed by atoms with Crippen molar-refractivity contribution >= 4 is 11.9 Å². The van der Waals surface area contributed by atoms with Crippen LogP contribution in [0.5, 0.6) is 0 Å². The predicted molar refractivity (Wildman–Crippen MR) is 55.7 cm³/mol. The second kappa shape index (κ2) is 4.04. The average Bonchev–Trinajstić information content (AvgIpc) is 2.16. The SMILES string of the molecule is C=C(c1ccccc1C=O)C(C)C. The minimum Gasteiger partial charge on any atom is -0.298 e. The summed E-state index contributed by atoms with van der Waals surface area (Å²) in [7, 11) is 0. The van der Waals surface area contributed by atoms with E-state index in [9.17, 15) is 4.79 Å². The predicted octanol–water partition coefficient (Wildman–Crippen LogP) is 3.17. The molecular weight excluding hydrogens is 160 g/mol. The van der Waals surface area contributed by atoms with Crippen molar-refractivity contribution in [3.8, 4) is 0 Å². The van der Waals surface area contributed by atoms with Crippen LogP contribution in [0.25, 0.3) is 5.57 Å². The van der Waals surface area contributed by atoms with Crippen LogP contribution in [0.2, 0.25) is 0 Å². The van der Waals surface area contributed by atoms with Gasteiger partial charge in [0.1, 0.15) is 0 Å². The first-order chi connectivity index (χ1) is 6.16. The molecular formula is C12H14O. The number of hydrogen-bond acceptors (Lipinski definition) is 1. The second-order valence-electron chi connectivity index (χ2n) is 3.39. The molecule has 0 radical (unpaired) electrons. The van der Waals surface area contributed by atoms with Crippen LogP contribution in [-0.4, -0.2) is 6.29 Å². The zero-order chi connectivity index (χ0) is 9.84. The molecule has 0 aliphatic rings. The Bertz CT molecular complexity index is 324. The largest absolute Gasteiger partial charge is 0.298 e. The van der Waals surface area contributed by atoms with Gasteiger partial charge in [-0.05, 0) is 17.1 Å². The van der Waals surface area contributed by atoms with E-state index < -0.39 is 0 Å². The monoisotopic (exact) mass is 174 g/mol. The van der Waals surface area contributed by atoms with Crippen molar-refractivity contribution in [1.82, 2.24) is 0 Å². The Balaban J connectivity index is 3.13. The standard InChI is InChI=1S/C12H14O/c1-9(2)10(3)12-7-5-4-6-11(12)8-13/h4-9H,3H2,1-2H3. The van der Waals surface area contributed by atoms with Gasteiger partial charge in [-0.1, -0.05) is 44.7 Å². The second-order valence-corrected chi connectivity index (χ2v) is 3.39. The first-order valence-electron chi connectivity index (χ1n) is 4.40. The molecule has 0 bridgehead atoms. The molecule has 1 aromatic rings. The van der Waals surface area contributed by atoms with Crippen LogP contribution in [0.4, 0.5) is 0 Å². The van der Waals surface area contributed by atoms with Crippen molar-refractivity contribution < 1.29 is 4.79 Å². The summed E-state index contributed by atoms with van der Waals surface area (Å²) in [4.78, 5) is 10.7. The molecule has 0 spiro atoms. The van der Waals surface area contributed by atoms with Crippen LogP contribution < -0.4 is 0 Å². The van der Waals surface area contributed by atoms with Crippen LogP contribution in [-0.2, 0) is 0 Å². The molecule has 0 fully saturated rings. The van der Waals surface area contributed by atoms with Gasteiger partial charge in [0.25, 0.3) is 0 Å². The van der Waals surface area contributed by atoms with E-state index in [0.29, 0.717) is 5.92 Å². The van der Waals surface area contributed by atoms with Gasteiger partial charge in [-0.25, -0.2) is 0 Å². The Kier molecular flexibility index (Phi) is 3.02. The third kappa shape index (κ3) is 2.05. The summed E-state index contributed by atoms with van der Waals surface area (Å²) in [5.41, 5.74) is 2.71. The number of benzene rings is 1. The minimum absolute atomic E-state index is 0.376. The molecule has 1 nitrogen and oxygen atoms in total. The molecule has 0 saturated heterocycles. The lowest BCUT2D eigenvalue weighted by Gasteiger charge is -2.11. The molecule has 1 aromatic carbocycles. The zero-order valence-corrected chi connectivity index (χ0v) is 8.08. The molecule has 1 heteroatoms. The third-order valence-corrected chi connectivity index (χ3v) is 2.13. The molecule has 1 rings (SSSR count). The quantitative estimate of drug-likeness (QED) is 0.643. The molecule has 0 aromatic heterocycles. The smallest absolute Gasteiger partial charge is 0.150 e. The number of aldehydes is 1. The van der Waals surface area contributed by atoms with Crippen LogP contribution in [0.1, 0.15) is 29.8 Å². The third-order valence-electron chi connectivity index (χ3n) is 2.13. The van der Waals surface area contributed by atoms with Crippen LogP contribution >= 0.6 is 0 Å². The fourth-order valence-corrected chi connectivity index (χ4v) is 1.20. The number of hydrogen-bond donors (Lipinski definition) is 0. The fraction of sp³-hybridized carbons (Fsp3) is 0.250. The highest BCUT2D eigenvalue weighted by molar-refractivity contribution is 5.85. The lowest BCUT2D eigenvalue weighted by atomic mass is 9.94. The Hall–Kier alpha value is -1.37. The van der Waals surface area contributed by atoms with Gasteiger partial charge < -0.3 is 0 Å². The van der Waals surface area contributed by atoms with E-state index >= 15 is 0 Å². The van der Waals surface area contributed by atoms with Gasteiger partial charge >= 0.3 is 0 Å². The van der Waals surface area contributed by atoms with Crippen molar-refractivity contribution in [2.24, 2.45) is 5.92 Å². The highest BCUT2D eigenvalue weighted by Gasteiger charge is 2.07. The van der Waals surface area contributed by atoms with Gasteiger partial charge in [0.2, 0.25) is 0 Å². The van der Waals surface area contributed by atoms with E-state index in [1.54, 1.807) is 0 Å². The van der Waals surface area contributed by atoms with E-state index in [4.69, 9.17) is 0 Å². The van der Waals surface area contributed by atoms with Crippen molar-refractivity contribution in [3.63, 3.8) is 0 Å². The van der Waals surface area contributed by atoms with Gasteiger partial charge in [0.15, 0.2) is 6.29 Å². The highest BCUT2D eigenvalue weighted by Crippen LogP contribution is 2.22. The first kappa shape index (κ1) is 9.72. The minimum atomic E-state index is 0.376. The summed E-state index contributed by atoms with van der Waals surface area (Å²) in [6.45, 7) is 8.12. The van der Waals surface area contributed by atoms with E-state index in [0.717, 1.165) is 23.0 Å². The molecule has 0 unspecified atom stereocenters. The lowest BCUT2D eigenvalue weighted by molar-refractivity contribution is 0.112. The van der Waals surface area contributed by atoms with Crippen molar-refractivity contribution in [1.29, 1.82) is 0 Å². The number of carbonyl (C=O) groups excluding carboxylic acids is 1. The van der Waals surface area contributed by atoms with Crippen molar-refractivity contribution in [2.45, 2.75) is 13.8 Å². The summed E-state index contributed by atoms with van der Waals surface area (Å²) in [6, 6.07) is 7.54. The normalized spacial score (nSPS) is 10.1. The maximum absolute atomic E-state index is 10.7. The van der Waals surface area contributed by atoms with Gasteiger partial charge in [-0.15, -0.1) is 0 Å². The molecule has 0 saturated carbocycles. The Morgan fingerprint density at radius 3 is 2.54 bits per heavy atom. The molecule has 0 aliphatic heterocycles. The number of allylic oxidation sites excluding steroid dienone is 1. The van der Waals surface area contributed by atoms with E-state index in [1.165, 1.54) is 0 Å². The van der Waals surface area contributed by atoms with E-state index in [1.807, 2.05) is 24.3 Å². The maximum Gasteiger partial charge on any atom is 0.150 e. The first-order valence-corrected chi connectivity index (χ1v) is 4.40.